The summed E-state index contributed by atoms with van der Waals surface area (Å²) in [4.78, 5) is 39.9. The van der Waals surface area contributed by atoms with E-state index in [4.69, 9.17) is 9.47 Å². The Labute approximate surface area is 255 Å². The Morgan fingerprint density at radius 3 is 2.51 bits per heavy atom. The van der Waals surface area contributed by atoms with Crippen LogP contribution in [0.1, 0.15) is 35.5 Å². The van der Waals surface area contributed by atoms with Gasteiger partial charge in [-0.3, -0.25) is 4.79 Å². The smallest absolute Gasteiger partial charge is 0.343 e. The Hall–Kier alpha value is -5.39. The first-order valence-electron chi connectivity index (χ1n) is 14.7. The number of ether oxygens (including phenoxy) is 2. The lowest BCUT2D eigenvalue weighted by atomic mass is 9.88. The summed E-state index contributed by atoms with van der Waals surface area (Å²) in [6, 6.07) is 22.0. The first kappa shape index (κ1) is 26.1. The quantitative estimate of drug-likeness (QED) is 0.203. The molecule has 5 heterocycles. The number of rotatable bonds is 3. The number of carbonyl (C=O) groups is 3. The molecule has 3 atom stereocenters. The van der Waals surface area contributed by atoms with Crippen molar-refractivity contribution in [3.05, 3.63) is 83.9 Å². The second-order valence-corrected chi connectivity index (χ2v) is 12.0. The van der Waals surface area contributed by atoms with Crippen LogP contribution < -0.4 is 16.0 Å². The fraction of sp³-hybridized carbons (Fsp3) is 0.206. The van der Waals surface area contributed by atoms with Crippen LogP contribution in [0, 0.1) is 0 Å². The van der Waals surface area contributed by atoms with Crippen LogP contribution >= 0.6 is 0 Å². The fourth-order valence-corrected chi connectivity index (χ4v) is 7.83. The molecule has 6 aromatic rings. The molecule has 3 aliphatic rings. The number of fused-ring (bicyclic) bond motifs is 13. The number of hydrogen-bond acceptors (Lipinski definition) is 6. The van der Waals surface area contributed by atoms with E-state index < -0.39 is 29.6 Å². The van der Waals surface area contributed by atoms with E-state index in [0.29, 0.717) is 23.5 Å². The molecule has 45 heavy (non-hydrogen) atoms. The molecular weight excluding hydrogens is 574 g/mol. The number of methoxy groups -OCH3 is 1. The topological polar surface area (TPSA) is 136 Å². The number of anilines is 2. The van der Waals surface area contributed by atoms with Crippen molar-refractivity contribution < 1.29 is 29.0 Å². The second-order valence-electron chi connectivity index (χ2n) is 12.0. The van der Waals surface area contributed by atoms with E-state index in [1.54, 1.807) is 25.1 Å². The third kappa shape index (κ3) is 3.13. The van der Waals surface area contributed by atoms with E-state index in [9.17, 15) is 19.5 Å². The Morgan fingerprint density at radius 2 is 1.71 bits per heavy atom. The lowest BCUT2D eigenvalue weighted by Gasteiger charge is -2.37. The van der Waals surface area contributed by atoms with Crippen molar-refractivity contribution in [3.63, 3.8) is 0 Å². The van der Waals surface area contributed by atoms with E-state index in [2.05, 4.69) is 16.0 Å². The zero-order valence-electron chi connectivity index (χ0n) is 24.3. The molecule has 1 fully saturated rings. The van der Waals surface area contributed by atoms with Crippen molar-refractivity contribution >= 4 is 72.9 Å². The van der Waals surface area contributed by atoms with E-state index in [1.807, 2.05) is 63.7 Å². The largest absolute Gasteiger partial charge is 0.467 e. The molecule has 4 aromatic carbocycles. The molecule has 0 aliphatic carbocycles. The maximum Gasteiger partial charge on any atom is 0.343 e. The van der Waals surface area contributed by atoms with Gasteiger partial charge >= 0.3 is 12.0 Å². The molecule has 0 radical (unpaired) electrons. The van der Waals surface area contributed by atoms with E-state index in [-0.39, 0.29) is 12.3 Å². The summed E-state index contributed by atoms with van der Waals surface area (Å²) in [6.07, 6.45) is -0.853. The second kappa shape index (κ2) is 8.62. The Morgan fingerprint density at radius 1 is 0.956 bits per heavy atom. The molecular formula is C34H27N5O6. The number of carbonyl (C=O) groups excluding carboxylic acids is 3. The minimum Gasteiger partial charge on any atom is -0.467 e. The minimum atomic E-state index is -2.02. The molecule has 0 spiro atoms. The maximum atomic E-state index is 13.6. The molecule has 3 amide bonds. The molecule has 9 rings (SSSR count). The van der Waals surface area contributed by atoms with Gasteiger partial charge in [-0.2, -0.15) is 0 Å². The van der Waals surface area contributed by atoms with Crippen molar-refractivity contribution in [1.29, 1.82) is 0 Å². The van der Waals surface area contributed by atoms with Gasteiger partial charge in [0.2, 0.25) is 5.60 Å². The third-order valence-corrected chi connectivity index (χ3v) is 9.74. The highest BCUT2D eigenvalue weighted by molar-refractivity contribution is 6.31. The van der Waals surface area contributed by atoms with Gasteiger partial charge in [-0.1, -0.05) is 36.4 Å². The lowest BCUT2D eigenvalue weighted by molar-refractivity contribution is -0.202. The van der Waals surface area contributed by atoms with Gasteiger partial charge in [0.25, 0.3) is 5.91 Å². The number of esters is 1. The summed E-state index contributed by atoms with van der Waals surface area (Å²) in [6.45, 7) is 2.04. The predicted molar refractivity (Wildman–Crippen MR) is 168 cm³/mol. The van der Waals surface area contributed by atoms with Gasteiger partial charge in [0.05, 0.1) is 34.7 Å². The maximum absolute atomic E-state index is 13.6. The SMILES string of the molecule is COC(=O)C1(O)CC2OC1(C)n1c3ccccc3c3c4c(c5c6cc(NC(=O)Nc7ccccc7)ccc6n2c5c31)C(=O)NC4. The van der Waals surface area contributed by atoms with Gasteiger partial charge in [-0.15, -0.1) is 0 Å². The van der Waals surface area contributed by atoms with Crippen molar-refractivity contribution in [1.82, 2.24) is 14.5 Å². The minimum absolute atomic E-state index is 0.0781. The summed E-state index contributed by atoms with van der Waals surface area (Å²) in [7, 11) is 1.26. The van der Waals surface area contributed by atoms with Crippen molar-refractivity contribution in [2.75, 3.05) is 17.7 Å². The van der Waals surface area contributed by atoms with Crippen LogP contribution in [0.2, 0.25) is 0 Å². The van der Waals surface area contributed by atoms with E-state index in [0.717, 1.165) is 49.2 Å². The first-order valence-corrected chi connectivity index (χ1v) is 14.7. The zero-order valence-corrected chi connectivity index (χ0v) is 24.3. The van der Waals surface area contributed by atoms with Crippen molar-refractivity contribution in [2.45, 2.75) is 37.4 Å². The van der Waals surface area contributed by atoms with Gasteiger partial charge in [0, 0.05) is 45.9 Å². The average molecular weight is 602 g/mol. The Balaban J connectivity index is 1.38. The number of nitrogens with zero attached hydrogens (tertiary/aromatic N) is 2. The van der Waals surface area contributed by atoms with Crippen molar-refractivity contribution in [2.24, 2.45) is 0 Å². The number of aromatic nitrogens is 2. The third-order valence-electron chi connectivity index (χ3n) is 9.74. The summed E-state index contributed by atoms with van der Waals surface area (Å²) in [5, 5.41) is 24.1. The van der Waals surface area contributed by atoms with Crippen LogP contribution in [-0.2, 0) is 26.5 Å². The number of benzene rings is 4. The Kier molecular flexibility index (Phi) is 4.99. The molecule has 1 saturated heterocycles. The van der Waals surface area contributed by atoms with Crippen LogP contribution in [0.5, 0.6) is 0 Å². The van der Waals surface area contributed by atoms with Crippen LogP contribution in [-0.4, -0.2) is 44.9 Å². The fourth-order valence-electron chi connectivity index (χ4n) is 7.83. The standard InChI is InChI=1S/C34H27N5O6/c1-33-34(43,31(41)44-2)15-24(45-33)38-22-13-12-18(37-32(42)36-17-8-4-3-5-9-17)14-20(22)26-27-21(16-35-30(27)40)25-19-10-6-7-11-23(19)39(33)29(25)28(26)38/h3-14,24,43H,15-16H2,1-2H3,(H,35,40)(H2,36,37,42). The highest BCUT2D eigenvalue weighted by atomic mass is 16.6. The Bertz CT molecular complexity index is 2320. The number of urea groups is 1. The van der Waals surface area contributed by atoms with Crippen molar-refractivity contribution in [3.8, 4) is 0 Å². The number of para-hydroxylation sites is 2. The average Bonchev–Trinajstić information content (AvgIpc) is 3.73. The van der Waals surface area contributed by atoms with Crippen LogP contribution in [0.4, 0.5) is 16.2 Å². The van der Waals surface area contributed by atoms with Gasteiger partial charge in [0.1, 0.15) is 6.23 Å². The summed E-state index contributed by atoms with van der Waals surface area (Å²) < 4.78 is 15.8. The zero-order chi connectivity index (χ0) is 30.8. The highest BCUT2D eigenvalue weighted by Crippen LogP contribution is 2.57. The predicted octanol–water partition coefficient (Wildman–Crippen LogP) is 5.30. The molecule has 3 aliphatic heterocycles. The number of amides is 3. The molecule has 0 saturated carbocycles. The molecule has 11 heteroatoms. The summed E-state index contributed by atoms with van der Waals surface area (Å²) in [5.41, 5.74) is 2.03. The summed E-state index contributed by atoms with van der Waals surface area (Å²) >= 11 is 0. The number of aliphatic hydroxyl groups is 1. The van der Waals surface area contributed by atoms with Gasteiger partial charge in [-0.25, -0.2) is 9.59 Å². The highest BCUT2D eigenvalue weighted by Gasteiger charge is 2.65. The summed E-state index contributed by atoms with van der Waals surface area (Å²) in [5.74, 6) is -0.973. The van der Waals surface area contributed by atoms with E-state index in [1.165, 1.54) is 7.11 Å². The van der Waals surface area contributed by atoms with Gasteiger partial charge < -0.3 is 39.7 Å². The van der Waals surface area contributed by atoms with E-state index >= 15 is 0 Å². The van der Waals surface area contributed by atoms with Crippen LogP contribution in [0.3, 0.4) is 0 Å². The number of hydrogen-bond donors (Lipinski definition) is 4. The number of nitrogens with one attached hydrogen (secondary N) is 3. The normalized spacial score (nSPS) is 23.1. The van der Waals surface area contributed by atoms with Gasteiger partial charge in [-0.05, 0) is 48.9 Å². The lowest BCUT2D eigenvalue weighted by Crippen LogP contribution is -2.56. The van der Waals surface area contributed by atoms with Crippen LogP contribution in [0.25, 0.3) is 43.6 Å². The monoisotopic (exact) mass is 601 g/mol. The molecule has 2 bridgehead atoms. The molecule has 4 N–H and O–H groups in total. The molecule has 2 aromatic heterocycles. The van der Waals surface area contributed by atoms with Gasteiger partial charge in [0.15, 0.2) is 5.72 Å². The molecule has 11 nitrogen and oxygen atoms in total. The first-order chi connectivity index (χ1) is 21.7. The van der Waals surface area contributed by atoms with Crippen LogP contribution in [0.15, 0.2) is 72.8 Å². The molecule has 224 valence electrons. The molecule has 3 unspecified atom stereocenters.